The van der Waals surface area contributed by atoms with E-state index in [1.165, 1.54) is 32.1 Å². The van der Waals surface area contributed by atoms with E-state index < -0.39 is 0 Å². The molecule has 0 saturated heterocycles. The van der Waals surface area contributed by atoms with Gasteiger partial charge in [0.25, 0.3) is 0 Å². The Morgan fingerprint density at radius 2 is 1.71 bits per heavy atom. The van der Waals surface area contributed by atoms with Crippen molar-refractivity contribution in [1.82, 2.24) is 5.32 Å². The maximum Gasteiger partial charge on any atom is 0.0772 e. The average Bonchev–Trinajstić information content (AvgIpc) is 2.24. The molecule has 0 aromatic rings. The van der Waals surface area contributed by atoms with Gasteiger partial charge in [-0.15, -0.1) is 0 Å². The van der Waals surface area contributed by atoms with Crippen LogP contribution in [0.5, 0.6) is 0 Å². The number of nitrogens with one attached hydrogen (secondary N) is 1. The minimum Gasteiger partial charge on any atom is -0.379 e. The van der Waals surface area contributed by atoms with Crippen LogP contribution >= 0.6 is 0 Å². The highest BCUT2D eigenvalue weighted by Gasteiger charge is 2.31. The summed E-state index contributed by atoms with van der Waals surface area (Å²) >= 11 is 0. The Morgan fingerprint density at radius 1 is 1.06 bits per heavy atom. The van der Waals surface area contributed by atoms with Crippen molar-refractivity contribution in [3.63, 3.8) is 0 Å². The second-order valence-corrected chi connectivity index (χ2v) is 6.08. The minimum atomic E-state index is 0.201. The Kier molecular flexibility index (Phi) is 8.89. The molecule has 17 heavy (non-hydrogen) atoms. The van der Waals surface area contributed by atoms with Crippen molar-refractivity contribution in [2.75, 3.05) is 13.7 Å². The predicted molar refractivity (Wildman–Crippen MR) is 76.5 cm³/mol. The molecule has 0 fully saturated rings. The van der Waals surface area contributed by atoms with Crippen LogP contribution in [0.2, 0.25) is 0 Å². The largest absolute Gasteiger partial charge is 0.379 e. The molecular weight excluding hydrogens is 210 g/mol. The molecule has 2 nitrogen and oxygen atoms in total. The van der Waals surface area contributed by atoms with Crippen LogP contribution < -0.4 is 5.32 Å². The van der Waals surface area contributed by atoms with Crippen molar-refractivity contribution >= 4 is 0 Å². The second-order valence-electron chi connectivity index (χ2n) is 6.08. The van der Waals surface area contributed by atoms with E-state index in [1.54, 1.807) is 0 Å². The molecular formula is C15H33NO. The molecule has 0 amide bonds. The van der Waals surface area contributed by atoms with Gasteiger partial charge in [0, 0.05) is 13.2 Å². The van der Waals surface area contributed by atoms with Gasteiger partial charge < -0.3 is 10.1 Å². The highest BCUT2D eigenvalue weighted by atomic mass is 16.5. The lowest BCUT2D eigenvalue weighted by Gasteiger charge is -2.36. The quantitative estimate of drug-likeness (QED) is 0.618. The zero-order chi connectivity index (χ0) is 13.3. The van der Waals surface area contributed by atoms with Crippen LogP contribution in [0.15, 0.2) is 0 Å². The summed E-state index contributed by atoms with van der Waals surface area (Å²) in [6, 6.07) is 0.492. The summed E-state index contributed by atoms with van der Waals surface area (Å²) in [7, 11) is 1.84. The van der Waals surface area contributed by atoms with E-state index in [4.69, 9.17) is 4.74 Å². The monoisotopic (exact) mass is 243 g/mol. The molecule has 104 valence electrons. The van der Waals surface area contributed by atoms with Crippen molar-refractivity contribution < 1.29 is 4.74 Å². The molecule has 0 rings (SSSR count). The van der Waals surface area contributed by atoms with Crippen molar-refractivity contribution in [3.8, 4) is 0 Å². The highest BCUT2D eigenvalue weighted by molar-refractivity contribution is 4.86. The van der Waals surface area contributed by atoms with Gasteiger partial charge >= 0.3 is 0 Å². The van der Waals surface area contributed by atoms with Crippen LogP contribution in [0.3, 0.4) is 0 Å². The van der Waals surface area contributed by atoms with Gasteiger partial charge in [0.05, 0.1) is 6.10 Å². The van der Waals surface area contributed by atoms with Gasteiger partial charge in [-0.05, 0) is 24.8 Å². The first kappa shape index (κ1) is 16.9. The molecule has 0 spiro atoms. The summed E-state index contributed by atoms with van der Waals surface area (Å²) in [6.45, 7) is 12.4. The topological polar surface area (TPSA) is 21.3 Å². The van der Waals surface area contributed by atoms with Gasteiger partial charge in [-0.2, -0.15) is 0 Å². The molecule has 0 aromatic heterocycles. The standard InChI is InChI=1S/C15H33NO/c1-7-9-10-11-13(16-12-8-2)14(17-6)15(3,4)5/h13-14,16H,7-12H2,1-6H3. The molecule has 0 aliphatic rings. The van der Waals surface area contributed by atoms with Crippen LogP contribution in [0.25, 0.3) is 0 Å². The summed E-state index contributed by atoms with van der Waals surface area (Å²) in [4.78, 5) is 0. The number of methoxy groups -OCH3 is 1. The number of unbranched alkanes of at least 4 members (excludes halogenated alkanes) is 2. The van der Waals surface area contributed by atoms with E-state index in [1.807, 2.05) is 7.11 Å². The predicted octanol–water partition coefficient (Wildman–Crippen LogP) is 4.00. The highest BCUT2D eigenvalue weighted by Crippen LogP contribution is 2.26. The zero-order valence-electron chi connectivity index (χ0n) is 12.8. The van der Waals surface area contributed by atoms with Crippen molar-refractivity contribution in [1.29, 1.82) is 0 Å². The molecule has 0 aromatic carbocycles. The zero-order valence-corrected chi connectivity index (χ0v) is 12.8. The van der Waals surface area contributed by atoms with Gasteiger partial charge in [-0.3, -0.25) is 0 Å². The van der Waals surface area contributed by atoms with Gasteiger partial charge in [0.2, 0.25) is 0 Å². The van der Waals surface area contributed by atoms with Crippen molar-refractivity contribution in [3.05, 3.63) is 0 Å². The number of hydrogen-bond donors (Lipinski definition) is 1. The molecule has 0 heterocycles. The number of ether oxygens (including phenoxy) is 1. The van der Waals surface area contributed by atoms with E-state index in [-0.39, 0.29) is 5.41 Å². The lowest BCUT2D eigenvalue weighted by molar-refractivity contribution is -0.0136. The fourth-order valence-corrected chi connectivity index (χ4v) is 2.43. The summed E-state index contributed by atoms with van der Waals surface area (Å²) in [5, 5.41) is 3.66. The van der Waals surface area contributed by atoms with Crippen LogP contribution in [-0.2, 0) is 4.74 Å². The summed E-state index contributed by atoms with van der Waals surface area (Å²) < 4.78 is 5.74. The summed E-state index contributed by atoms with van der Waals surface area (Å²) in [6.07, 6.45) is 6.62. The van der Waals surface area contributed by atoms with Gasteiger partial charge in [-0.1, -0.05) is 53.9 Å². The van der Waals surface area contributed by atoms with Crippen LogP contribution in [-0.4, -0.2) is 25.8 Å². The number of hydrogen-bond acceptors (Lipinski definition) is 2. The van der Waals surface area contributed by atoms with E-state index >= 15 is 0 Å². The third-order valence-corrected chi connectivity index (χ3v) is 3.25. The molecule has 0 aliphatic heterocycles. The third kappa shape index (κ3) is 7.05. The lowest BCUT2D eigenvalue weighted by atomic mass is 9.82. The van der Waals surface area contributed by atoms with E-state index in [2.05, 4.69) is 39.9 Å². The minimum absolute atomic E-state index is 0.201. The molecule has 2 unspecified atom stereocenters. The second kappa shape index (κ2) is 8.93. The molecule has 1 N–H and O–H groups in total. The van der Waals surface area contributed by atoms with Crippen LogP contribution in [0.1, 0.15) is 66.7 Å². The first-order valence-corrected chi connectivity index (χ1v) is 7.23. The maximum atomic E-state index is 5.74. The Hall–Kier alpha value is -0.0800. The Labute approximate surface area is 109 Å². The molecule has 0 aliphatic carbocycles. The van der Waals surface area contributed by atoms with Gasteiger partial charge in [-0.25, -0.2) is 0 Å². The normalized spacial score (nSPS) is 15.9. The molecule has 0 radical (unpaired) electrons. The van der Waals surface area contributed by atoms with Gasteiger partial charge in [0.15, 0.2) is 0 Å². The van der Waals surface area contributed by atoms with Crippen molar-refractivity contribution in [2.24, 2.45) is 5.41 Å². The molecule has 0 saturated carbocycles. The first-order valence-electron chi connectivity index (χ1n) is 7.23. The SMILES string of the molecule is CCCCCC(NCCC)C(OC)C(C)(C)C. The fourth-order valence-electron chi connectivity index (χ4n) is 2.43. The van der Waals surface area contributed by atoms with Crippen LogP contribution in [0, 0.1) is 5.41 Å². The molecule has 0 bridgehead atoms. The summed E-state index contributed by atoms with van der Waals surface area (Å²) in [5.41, 5.74) is 0.201. The van der Waals surface area contributed by atoms with E-state index in [9.17, 15) is 0 Å². The van der Waals surface area contributed by atoms with Gasteiger partial charge in [0.1, 0.15) is 0 Å². The third-order valence-electron chi connectivity index (χ3n) is 3.25. The Morgan fingerprint density at radius 3 is 2.12 bits per heavy atom. The van der Waals surface area contributed by atoms with E-state index in [0.717, 1.165) is 6.54 Å². The number of rotatable bonds is 9. The smallest absolute Gasteiger partial charge is 0.0772 e. The van der Waals surface area contributed by atoms with Crippen molar-refractivity contribution in [2.45, 2.75) is 78.9 Å². The summed E-state index contributed by atoms with van der Waals surface area (Å²) in [5.74, 6) is 0. The maximum absolute atomic E-state index is 5.74. The Balaban J connectivity index is 4.40. The molecule has 2 heteroatoms. The lowest BCUT2D eigenvalue weighted by Crippen LogP contribution is -2.48. The Bertz CT molecular complexity index is 174. The van der Waals surface area contributed by atoms with Crippen LogP contribution in [0.4, 0.5) is 0 Å². The first-order chi connectivity index (χ1) is 7.97. The van der Waals surface area contributed by atoms with E-state index in [0.29, 0.717) is 12.1 Å². The fraction of sp³-hybridized carbons (Fsp3) is 1.00. The molecule has 2 atom stereocenters. The average molecular weight is 243 g/mol.